The van der Waals surface area contributed by atoms with Crippen molar-refractivity contribution < 1.29 is 38.2 Å². The van der Waals surface area contributed by atoms with Crippen LogP contribution < -0.4 is 0 Å². The Labute approximate surface area is 87.6 Å². The lowest BCUT2D eigenvalue weighted by atomic mass is 10.0. The summed E-state index contributed by atoms with van der Waals surface area (Å²) in [5.74, 6) is 0. The van der Waals surface area contributed by atoms with Crippen LogP contribution in [0.2, 0.25) is 0 Å². The van der Waals surface area contributed by atoms with E-state index < -0.39 is 42.4 Å². The highest BCUT2D eigenvalue weighted by Gasteiger charge is 2.30. The third-order valence-electron chi connectivity index (χ3n) is 1.57. The SMILES string of the molecule is O=C[C@@H](O)[C@@H](O)[C@H](O)[C@H](O)COS(=O)O. The Kier molecular flexibility index (Phi) is 6.76. The summed E-state index contributed by atoms with van der Waals surface area (Å²) in [5, 5.41) is 36.0. The summed E-state index contributed by atoms with van der Waals surface area (Å²) in [4.78, 5) is 10.0. The van der Waals surface area contributed by atoms with Crippen LogP contribution in [0.3, 0.4) is 0 Å². The van der Waals surface area contributed by atoms with Gasteiger partial charge in [0.1, 0.15) is 24.4 Å². The Bertz CT molecular complexity index is 221. The van der Waals surface area contributed by atoms with Crippen LogP contribution >= 0.6 is 0 Å². The zero-order chi connectivity index (χ0) is 12.0. The zero-order valence-corrected chi connectivity index (χ0v) is 8.28. The van der Waals surface area contributed by atoms with Crippen LogP contribution in [0.5, 0.6) is 0 Å². The van der Waals surface area contributed by atoms with E-state index in [0.717, 1.165) is 0 Å². The molecule has 90 valence electrons. The van der Waals surface area contributed by atoms with E-state index in [9.17, 15) is 9.00 Å². The number of carbonyl (C=O) groups excluding carboxylic acids is 1. The molecule has 0 aromatic rings. The first kappa shape index (κ1) is 14.6. The average molecular weight is 244 g/mol. The van der Waals surface area contributed by atoms with Gasteiger partial charge < -0.3 is 25.2 Å². The van der Waals surface area contributed by atoms with Crippen LogP contribution in [0, 0.1) is 0 Å². The van der Waals surface area contributed by atoms with Gasteiger partial charge in [0.25, 0.3) is 0 Å². The van der Waals surface area contributed by atoms with Crippen LogP contribution in [0.1, 0.15) is 0 Å². The first-order valence-electron chi connectivity index (χ1n) is 3.81. The van der Waals surface area contributed by atoms with Crippen molar-refractivity contribution in [3.05, 3.63) is 0 Å². The number of hydrogen-bond donors (Lipinski definition) is 5. The van der Waals surface area contributed by atoms with Crippen molar-refractivity contribution in [3.63, 3.8) is 0 Å². The predicted molar refractivity (Wildman–Crippen MR) is 46.8 cm³/mol. The van der Waals surface area contributed by atoms with Crippen LogP contribution in [-0.4, -0.2) is 66.5 Å². The molecule has 8 nitrogen and oxygen atoms in total. The first-order valence-corrected chi connectivity index (χ1v) is 4.85. The second kappa shape index (κ2) is 6.95. The molecule has 0 aliphatic carbocycles. The number of aliphatic hydroxyl groups is 4. The quantitative estimate of drug-likeness (QED) is 0.232. The molecule has 0 saturated heterocycles. The van der Waals surface area contributed by atoms with E-state index in [2.05, 4.69) is 4.18 Å². The Morgan fingerprint density at radius 3 is 2.13 bits per heavy atom. The third-order valence-corrected chi connectivity index (χ3v) is 1.91. The Morgan fingerprint density at radius 1 is 1.20 bits per heavy atom. The number of aldehydes is 1. The van der Waals surface area contributed by atoms with Crippen LogP contribution in [0.15, 0.2) is 0 Å². The predicted octanol–water partition coefficient (Wildman–Crippen LogP) is -3.22. The number of carbonyl (C=O) groups is 1. The van der Waals surface area contributed by atoms with Gasteiger partial charge in [-0.05, 0) is 0 Å². The fraction of sp³-hybridized carbons (Fsp3) is 0.833. The van der Waals surface area contributed by atoms with Gasteiger partial charge in [0.05, 0.1) is 6.61 Å². The summed E-state index contributed by atoms with van der Waals surface area (Å²) in [5.41, 5.74) is 0. The molecule has 1 unspecified atom stereocenters. The molecule has 0 bridgehead atoms. The van der Waals surface area contributed by atoms with Gasteiger partial charge in [-0.25, -0.2) is 0 Å². The number of hydrogen-bond acceptors (Lipinski definition) is 7. The van der Waals surface area contributed by atoms with Crippen molar-refractivity contribution in [1.29, 1.82) is 0 Å². The number of rotatable bonds is 7. The average Bonchev–Trinajstić information content (AvgIpc) is 2.22. The van der Waals surface area contributed by atoms with Gasteiger partial charge >= 0.3 is 11.4 Å². The van der Waals surface area contributed by atoms with E-state index in [-0.39, 0.29) is 6.29 Å². The van der Waals surface area contributed by atoms with Crippen LogP contribution in [-0.2, 0) is 20.3 Å². The minimum atomic E-state index is -2.61. The maximum absolute atomic E-state index is 10.0. The molecule has 0 radical (unpaired) electrons. The third kappa shape index (κ3) is 5.28. The number of aliphatic hydroxyl groups excluding tert-OH is 4. The van der Waals surface area contributed by atoms with Crippen molar-refractivity contribution in [1.82, 2.24) is 0 Å². The Morgan fingerprint density at radius 2 is 1.73 bits per heavy atom. The highest BCUT2D eigenvalue weighted by molar-refractivity contribution is 7.74. The van der Waals surface area contributed by atoms with E-state index in [1.165, 1.54) is 0 Å². The standard InChI is InChI=1S/C6H12O8S/c7-1-3(8)5(10)6(11)4(9)2-14-15(12)13/h1,3-6,8-11H,2H2,(H,12,13)/t3-,4-,5-,6-/m1/s1. The molecule has 0 fully saturated rings. The first-order chi connectivity index (χ1) is 6.90. The van der Waals surface area contributed by atoms with Crippen molar-refractivity contribution >= 4 is 17.6 Å². The summed E-state index contributed by atoms with van der Waals surface area (Å²) in [6.45, 7) is -0.729. The summed E-state index contributed by atoms with van der Waals surface area (Å²) in [7, 11) is 0. The van der Waals surface area contributed by atoms with E-state index in [1.54, 1.807) is 0 Å². The molecule has 0 saturated carbocycles. The van der Waals surface area contributed by atoms with Gasteiger partial charge in [-0.15, -0.1) is 0 Å². The van der Waals surface area contributed by atoms with Gasteiger partial charge in [0, 0.05) is 0 Å². The molecule has 0 aliphatic rings. The topological polar surface area (TPSA) is 145 Å². The Hall–Kier alpha value is -0.420. The monoisotopic (exact) mass is 244 g/mol. The second-order valence-corrected chi connectivity index (χ2v) is 3.35. The maximum Gasteiger partial charge on any atom is 0.301 e. The highest BCUT2D eigenvalue weighted by atomic mass is 32.2. The molecule has 0 spiro atoms. The lowest BCUT2D eigenvalue weighted by Crippen LogP contribution is -2.46. The smallest absolute Gasteiger partial charge is 0.301 e. The molecule has 0 aromatic heterocycles. The van der Waals surface area contributed by atoms with Crippen LogP contribution in [0.4, 0.5) is 0 Å². The molecule has 5 N–H and O–H groups in total. The Balaban J connectivity index is 4.11. The van der Waals surface area contributed by atoms with E-state index >= 15 is 0 Å². The van der Waals surface area contributed by atoms with Gasteiger partial charge in [-0.2, -0.15) is 4.21 Å². The van der Waals surface area contributed by atoms with E-state index in [1.807, 2.05) is 0 Å². The fourth-order valence-electron chi connectivity index (χ4n) is 0.737. The molecular weight excluding hydrogens is 232 g/mol. The van der Waals surface area contributed by atoms with Gasteiger partial charge in [0.2, 0.25) is 0 Å². The molecule has 15 heavy (non-hydrogen) atoms. The molecule has 0 aromatic carbocycles. The lowest BCUT2D eigenvalue weighted by molar-refractivity contribution is -0.135. The lowest BCUT2D eigenvalue weighted by Gasteiger charge is -2.23. The van der Waals surface area contributed by atoms with Gasteiger partial charge in [-0.3, -0.25) is 8.74 Å². The van der Waals surface area contributed by atoms with Gasteiger partial charge in [0.15, 0.2) is 6.29 Å². The normalized spacial score (nSPS) is 21.4. The van der Waals surface area contributed by atoms with E-state index in [4.69, 9.17) is 25.0 Å². The minimum absolute atomic E-state index is 0.0222. The second-order valence-electron chi connectivity index (χ2n) is 2.68. The van der Waals surface area contributed by atoms with Crippen molar-refractivity contribution in [3.8, 4) is 0 Å². The largest absolute Gasteiger partial charge is 0.388 e. The molecule has 0 aliphatic heterocycles. The van der Waals surface area contributed by atoms with Crippen molar-refractivity contribution in [2.75, 3.05) is 6.61 Å². The molecule has 5 atom stereocenters. The molecule has 9 heteroatoms. The summed E-state index contributed by atoms with van der Waals surface area (Å²) >= 11 is -2.61. The molecule has 0 amide bonds. The van der Waals surface area contributed by atoms with Crippen molar-refractivity contribution in [2.24, 2.45) is 0 Å². The van der Waals surface area contributed by atoms with Gasteiger partial charge in [-0.1, -0.05) is 0 Å². The molecule has 0 rings (SSSR count). The zero-order valence-electron chi connectivity index (χ0n) is 7.46. The van der Waals surface area contributed by atoms with Crippen molar-refractivity contribution in [2.45, 2.75) is 24.4 Å². The highest BCUT2D eigenvalue weighted by Crippen LogP contribution is 2.04. The summed E-state index contributed by atoms with van der Waals surface area (Å²) in [6, 6.07) is 0. The molecule has 0 heterocycles. The summed E-state index contributed by atoms with van der Waals surface area (Å²) in [6.07, 6.45) is -7.34. The minimum Gasteiger partial charge on any atom is -0.388 e. The molecular formula is C6H12O8S. The van der Waals surface area contributed by atoms with E-state index in [0.29, 0.717) is 0 Å². The fourth-order valence-corrected chi connectivity index (χ4v) is 0.992. The van der Waals surface area contributed by atoms with Crippen LogP contribution in [0.25, 0.3) is 0 Å². The maximum atomic E-state index is 10.0. The summed E-state index contributed by atoms with van der Waals surface area (Å²) < 4.78 is 22.2.